The number of fused-ring (bicyclic) bond motifs is 1. The van der Waals surface area contributed by atoms with Gasteiger partial charge in [-0.05, 0) is 56.7 Å². The van der Waals surface area contributed by atoms with E-state index in [9.17, 15) is 9.50 Å². The molecular weight excluding hydrogens is 505 g/mol. The number of halogens is 1. The van der Waals surface area contributed by atoms with Crippen molar-refractivity contribution in [2.75, 3.05) is 37.6 Å². The molecule has 1 aliphatic heterocycles. The fourth-order valence-corrected chi connectivity index (χ4v) is 5.69. The van der Waals surface area contributed by atoms with E-state index in [1.165, 1.54) is 6.07 Å². The number of aliphatic hydroxyl groups is 1. The Morgan fingerprint density at radius 2 is 1.80 bits per heavy atom. The lowest BCUT2D eigenvalue weighted by Gasteiger charge is -2.35. The number of piperazine rings is 1. The van der Waals surface area contributed by atoms with Gasteiger partial charge < -0.3 is 15.0 Å². The fraction of sp³-hybridized carbons (Fsp3) is 0.323. The van der Waals surface area contributed by atoms with Crippen LogP contribution in [-0.4, -0.2) is 73.6 Å². The molecule has 6 rings (SSSR count). The van der Waals surface area contributed by atoms with E-state index >= 15 is 0 Å². The van der Waals surface area contributed by atoms with E-state index in [1.54, 1.807) is 12.1 Å². The number of aliphatic hydroxyl groups excluding tert-OH is 1. The molecule has 1 saturated heterocycles. The second kappa shape index (κ2) is 10.8. The van der Waals surface area contributed by atoms with E-state index in [0.29, 0.717) is 13.1 Å². The van der Waals surface area contributed by atoms with Crippen molar-refractivity contribution >= 4 is 16.9 Å². The molecule has 4 aromatic heterocycles. The number of nitrogens with zero attached hydrogens (tertiary/aromatic N) is 6. The number of aromatic amines is 1. The van der Waals surface area contributed by atoms with Crippen LogP contribution in [0.5, 0.6) is 0 Å². The second-order valence-corrected chi connectivity index (χ2v) is 10.7. The minimum absolute atomic E-state index is 0.243. The smallest absolute Gasteiger partial charge is 0.137 e. The van der Waals surface area contributed by atoms with E-state index < -0.39 is 0 Å². The highest BCUT2D eigenvalue weighted by Gasteiger charge is 2.20. The SMILES string of the molecule is Cc1nn(Cc2cccc(F)c2)c(C)c1-c1c[nH]c2ncc(-c3ccc(N4CCN(C[C@H](C)O)CC4)nc3)cc12. The first kappa shape index (κ1) is 26.2. The first-order valence-corrected chi connectivity index (χ1v) is 13.7. The van der Waals surface area contributed by atoms with Crippen LogP contribution in [0.4, 0.5) is 10.2 Å². The summed E-state index contributed by atoms with van der Waals surface area (Å²) in [5.41, 5.74) is 7.74. The van der Waals surface area contributed by atoms with Crippen LogP contribution in [0.25, 0.3) is 33.3 Å². The molecule has 5 aromatic rings. The maximum atomic E-state index is 13.7. The Morgan fingerprint density at radius 1 is 1.00 bits per heavy atom. The Bertz CT molecular complexity index is 1630. The van der Waals surface area contributed by atoms with E-state index in [2.05, 4.69) is 39.9 Å². The van der Waals surface area contributed by atoms with Crippen LogP contribution in [0.3, 0.4) is 0 Å². The van der Waals surface area contributed by atoms with E-state index in [0.717, 1.165) is 82.2 Å². The highest BCUT2D eigenvalue weighted by atomic mass is 19.1. The highest BCUT2D eigenvalue weighted by molar-refractivity contribution is 5.96. The van der Waals surface area contributed by atoms with Gasteiger partial charge in [-0.3, -0.25) is 9.58 Å². The Balaban J connectivity index is 1.25. The first-order chi connectivity index (χ1) is 19.4. The summed E-state index contributed by atoms with van der Waals surface area (Å²) in [6, 6.07) is 13.0. The van der Waals surface area contributed by atoms with Crippen molar-refractivity contribution in [2.24, 2.45) is 0 Å². The van der Waals surface area contributed by atoms with Crippen LogP contribution in [0.1, 0.15) is 23.9 Å². The third-order valence-corrected chi connectivity index (χ3v) is 7.70. The minimum atomic E-state index is -0.306. The molecule has 0 amide bonds. The van der Waals surface area contributed by atoms with E-state index in [1.807, 2.05) is 43.2 Å². The normalized spacial score (nSPS) is 15.2. The molecule has 0 aliphatic carbocycles. The van der Waals surface area contributed by atoms with Gasteiger partial charge in [0.25, 0.3) is 0 Å². The molecule has 0 saturated carbocycles. The lowest BCUT2D eigenvalue weighted by atomic mass is 10.0. The zero-order valence-corrected chi connectivity index (χ0v) is 23.1. The third kappa shape index (κ3) is 5.22. The Labute approximate surface area is 233 Å². The number of nitrogens with one attached hydrogen (secondary N) is 1. The van der Waals surface area contributed by atoms with Crippen LogP contribution < -0.4 is 4.90 Å². The largest absolute Gasteiger partial charge is 0.392 e. The molecule has 0 bridgehead atoms. The van der Waals surface area contributed by atoms with Crippen LogP contribution in [-0.2, 0) is 6.54 Å². The molecule has 1 aliphatic rings. The predicted molar refractivity (Wildman–Crippen MR) is 156 cm³/mol. The molecule has 1 fully saturated rings. The number of β-amino-alcohol motifs (C(OH)–C–C–N with tert-alkyl or cyclic N) is 1. The number of H-pyrrole nitrogens is 1. The van der Waals surface area contributed by atoms with Crippen LogP contribution >= 0.6 is 0 Å². The molecule has 0 unspecified atom stereocenters. The number of rotatable bonds is 7. The van der Waals surface area contributed by atoms with Gasteiger partial charge >= 0.3 is 0 Å². The van der Waals surface area contributed by atoms with Crippen molar-refractivity contribution in [1.29, 1.82) is 0 Å². The summed E-state index contributed by atoms with van der Waals surface area (Å²) in [6.45, 7) is 10.7. The summed E-state index contributed by atoms with van der Waals surface area (Å²) >= 11 is 0. The maximum Gasteiger partial charge on any atom is 0.137 e. The molecule has 5 heterocycles. The van der Waals surface area contributed by atoms with Gasteiger partial charge in [0, 0.05) is 84.6 Å². The average molecular weight is 540 g/mol. The molecule has 1 atom stereocenters. The molecule has 0 radical (unpaired) electrons. The van der Waals surface area contributed by atoms with Crippen molar-refractivity contribution < 1.29 is 9.50 Å². The van der Waals surface area contributed by atoms with Crippen molar-refractivity contribution in [1.82, 2.24) is 29.6 Å². The number of hydrogen-bond acceptors (Lipinski definition) is 6. The number of aryl methyl sites for hydroxylation is 1. The maximum absolute atomic E-state index is 13.7. The predicted octanol–water partition coefficient (Wildman–Crippen LogP) is 4.80. The Morgan fingerprint density at radius 3 is 2.52 bits per heavy atom. The first-order valence-electron chi connectivity index (χ1n) is 13.7. The molecular formula is C31H34FN7O. The van der Waals surface area contributed by atoms with Gasteiger partial charge in [-0.1, -0.05) is 12.1 Å². The van der Waals surface area contributed by atoms with Gasteiger partial charge in [0.1, 0.15) is 17.3 Å². The van der Waals surface area contributed by atoms with Crippen molar-refractivity contribution in [2.45, 2.75) is 33.4 Å². The number of aromatic nitrogens is 5. The summed E-state index contributed by atoms with van der Waals surface area (Å²) in [7, 11) is 0. The molecule has 9 heteroatoms. The van der Waals surface area contributed by atoms with Gasteiger partial charge in [-0.25, -0.2) is 14.4 Å². The number of pyridine rings is 2. The summed E-state index contributed by atoms with van der Waals surface area (Å²) in [4.78, 5) is 17.4. The van der Waals surface area contributed by atoms with Gasteiger partial charge in [0.15, 0.2) is 0 Å². The Kier molecular flexibility index (Phi) is 7.08. The topological polar surface area (TPSA) is 86.1 Å². The molecule has 40 heavy (non-hydrogen) atoms. The van der Waals surface area contributed by atoms with Crippen LogP contribution in [0, 0.1) is 19.7 Å². The van der Waals surface area contributed by atoms with Crippen molar-refractivity contribution in [3.05, 3.63) is 83.8 Å². The lowest BCUT2D eigenvalue weighted by Crippen LogP contribution is -2.48. The number of anilines is 1. The lowest BCUT2D eigenvalue weighted by molar-refractivity contribution is 0.122. The molecule has 0 spiro atoms. The van der Waals surface area contributed by atoms with E-state index in [4.69, 9.17) is 15.1 Å². The molecule has 1 aromatic carbocycles. The minimum Gasteiger partial charge on any atom is -0.392 e. The van der Waals surface area contributed by atoms with Gasteiger partial charge in [-0.15, -0.1) is 0 Å². The average Bonchev–Trinajstić information content (AvgIpc) is 3.47. The summed E-state index contributed by atoms with van der Waals surface area (Å²) in [5.74, 6) is 0.723. The summed E-state index contributed by atoms with van der Waals surface area (Å²) < 4.78 is 15.7. The third-order valence-electron chi connectivity index (χ3n) is 7.70. The van der Waals surface area contributed by atoms with Gasteiger partial charge in [0.05, 0.1) is 18.3 Å². The quantitative estimate of drug-likeness (QED) is 0.309. The Hall–Kier alpha value is -4.08. The van der Waals surface area contributed by atoms with Gasteiger partial charge in [-0.2, -0.15) is 5.10 Å². The van der Waals surface area contributed by atoms with Crippen LogP contribution in [0.15, 0.2) is 61.1 Å². The zero-order chi connectivity index (χ0) is 27.8. The van der Waals surface area contributed by atoms with E-state index in [-0.39, 0.29) is 11.9 Å². The molecule has 8 nitrogen and oxygen atoms in total. The number of benzene rings is 1. The van der Waals surface area contributed by atoms with Crippen LogP contribution in [0.2, 0.25) is 0 Å². The summed E-state index contributed by atoms with van der Waals surface area (Å²) in [5, 5.41) is 15.5. The molecule has 2 N–H and O–H groups in total. The van der Waals surface area contributed by atoms with Crippen molar-refractivity contribution in [3.8, 4) is 22.3 Å². The van der Waals surface area contributed by atoms with Gasteiger partial charge in [0.2, 0.25) is 0 Å². The second-order valence-electron chi connectivity index (χ2n) is 10.7. The zero-order valence-electron chi connectivity index (χ0n) is 23.1. The fourth-order valence-electron chi connectivity index (χ4n) is 5.69. The van der Waals surface area contributed by atoms with Crippen molar-refractivity contribution in [3.63, 3.8) is 0 Å². The number of hydrogen-bond donors (Lipinski definition) is 2. The monoisotopic (exact) mass is 539 g/mol. The summed E-state index contributed by atoms with van der Waals surface area (Å²) in [6.07, 6.45) is 5.48. The molecule has 206 valence electrons. The standard InChI is InChI=1S/C31H34FN7O/c1-20(40)18-37-9-11-38(12-10-37)29-8-7-24(15-33-29)25-14-27-28(17-35-31(27)34-16-25)30-21(2)36-39(22(30)3)19-23-5-4-6-26(32)13-23/h4-8,13-17,20,40H,9-12,18-19H2,1-3H3,(H,34,35)/t20-/m0/s1. The highest BCUT2D eigenvalue weighted by Crippen LogP contribution is 2.35.